The SMILES string of the molecule is CCc1ccc(S(=O)(=O)NC(=O)CC[C@@H](C)[C@H]2CCC3C4C[C@H](CC)[C@@H]5CCCC[C@]5(C)C4CC[C@@]32C)cc1. The van der Waals surface area contributed by atoms with Crippen molar-refractivity contribution in [3.8, 4) is 0 Å². The third-order valence-corrected chi connectivity index (χ3v) is 14.1. The average Bonchev–Trinajstić information content (AvgIpc) is 3.28. The highest BCUT2D eigenvalue weighted by Crippen LogP contribution is 2.69. The Hall–Kier alpha value is -1.36. The maximum Gasteiger partial charge on any atom is 0.264 e. The maximum absolute atomic E-state index is 12.8. The zero-order chi connectivity index (χ0) is 28.0. The van der Waals surface area contributed by atoms with Crippen molar-refractivity contribution in [2.24, 2.45) is 52.3 Å². The van der Waals surface area contributed by atoms with Crippen LogP contribution in [0.2, 0.25) is 0 Å². The first-order valence-electron chi connectivity index (χ1n) is 16.2. The zero-order valence-corrected chi connectivity index (χ0v) is 26.0. The maximum atomic E-state index is 12.8. The quantitative estimate of drug-likeness (QED) is 0.352. The van der Waals surface area contributed by atoms with Gasteiger partial charge in [-0.05, 0) is 128 Å². The van der Waals surface area contributed by atoms with E-state index in [2.05, 4.69) is 32.4 Å². The lowest BCUT2D eigenvalue weighted by atomic mass is 9.42. The standard InChI is InChI=1S/C34H53NO3S/c1-6-24-12-14-26(15-13-24)39(37,38)35-32(36)18-11-23(3)28-16-17-30-27-22-25(7-2)29-10-8-9-20-33(29,4)31(27)19-21-34(28,30)5/h12-15,23,25,27-31H,6-11,16-22H2,1-5H3,(H,35,36)/t23-,25+,27?,28-,29+,30?,31?,33+,34-/m1/s1. The molecule has 0 heterocycles. The summed E-state index contributed by atoms with van der Waals surface area (Å²) in [6, 6.07) is 6.82. The second-order valence-corrected chi connectivity index (χ2v) is 16.1. The van der Waals surface area contributed by atoms with Gasteiger partial charge in [-0.3, -0.25) is 4.79 Å². The minimum Gasteiger partial charge on any atom is -0.274 e. The number of nitrogens with one attached hydrogen (secondary N) is 1. The number of hydrogen-bond donors (Lipinski definition) is 1. The van der Waals surface area contributed by atoms with Crippen LogP contribution in [-0.2, 0) is 21.2 Å². The number of fused-ring (bicyclic) bond motifs is 5. The normalized spacial score (nSPS) is 38.8. The summed E-state index contributed by atoms with van der Waals surface area (Å²) in [6.45, 7) is 12.1. The highest BCUT2D eigenvalue weighted by atomic mass is 32.2. The molecule has 4 aliphatic rings. The van der Waals surface area contributed by atoms with Crippen LogP contribution in [0, 0.1) is 52.3 Å². The Morgan fingerprint density at radius 1 is 0.949 bits per heavy atom. The molecule has 218 valence electrons. The molecular weight excluding hydrogens is 502 g/mol. The molecule has 3 unspecified atom stereocenters. The Morgan fingerprint density at radius 3 is 2.36 bits per heavy atom. The lowest BCUT2D eigenvalue weighted by Crippen LogP contribution is -2.55. The van der Waals surface area contributed by atoms with E-state index in [1.807, 2.05) is 19.1 Å². The molecule has 1 amide bonds. The number of rotatable bonds is 8. The minimum absolute atomic E-state index is 0.163. The van der Waals surface area contributed by atoms with Crippen molar-refractivity contribution >= 4 is 15.9 Å². The van der Waals surface area contributed by atoms with E-state index >= 15 is 0 Å². The summed E-state index contributed by atoms with van der Waals surface area (Å²) in [7, 11) is -3.82. The molecule has 0 saturated heterocycles. The van der Waals surface area contributed by atoms with Crippen LogP contribution in [0.1, 0.15) is 117 Å². The van der Waals surface area contributed by atoms with Crippen LogP contribution in [0.5, 0.6) is 0 Å². The van der Waals surface area contributed by atoms with Crippen molar-refractivity contribution in [3.63, 3.8) is 0 Å². The second-order valence-electron chi connectivity index (χ2n) is 14.4. The number of hydrogen-bond acceptors (Lipinski definition) is 3. The molecule has 4 nitrogen and oxygen atoms in total. The molecule has 1 aromatic rings. The Morgan fingerprint density at radius 2 is 1.67 bits per heavy atom. The van der Waals surface area contributed by atoms with Gasteiger partial charge in [-0.2, -0.15) is 0 Å². The van der Waals surface area contributed by atoms with Gasteiger partial charge in [-0.15, -0.1) is 0 Å². The summed E-state index contributed by atoms with van der Waals surface area (Å²) >= 11 is 0. The topological polar surface area (TPSA) is 63.2 Å². The number of carbonyl (C=O) groups is 1. The molecule has 4 saturated carbocycles. The van der Waals surface area contributed by atoms with E-state index in [4.69, 9.17) is 0 Å². The van der Waals surface area contributed by atoms with E-state index < -0.39 is 10.0 Å². The Bertz CT molecular complexity index is 1130. The molecule has 0 aliphatic heterocycles. The Kier molecular flexibility index (Phi) is 8.32. The average molecular weight is 556 g/mol. The first kappa shape index (κ1) is 29.1. The molecule has 0 radical (unpaired) electrons. The molecule has 39 heavy (non-hydrogen) atoms. The second kappa shape index (κ2) is 11.1. The van der Waals surface area contributed by atoms with Crippen molar-refractivity contribution < 1.29 is 13.2 Å². The summed E-state index contributed by atoms with van der Waals surface area (Å²) in [6.07, 6.45) is 15.8. The lowest BCUT2D eigenvalue weighted by molar-refractivity contribution is -0.138. The van der Waals surface area contributed by atoms with Crippen LogP contribution >= 0.6 is 0 Å². The number of amides is 1. The van der Waals surface area contributed by atoms with E-state index in [9.17, 15) is 13.2 Å². The van der Waals surface area contributed by atoms with Crippen LogP contribution in [0.3, 0.4) is 0 Å². The first-order valence-corrected chi connectivity index (χ1v) is 17.7. The molecule has 5 heteroatoms. The van der Waals surface area contributed by atoms with Gasteiger partial charge >= 0.3 is 0 Å². The molecule has 0 spiro atoms. The van der Waals surface area contributed by atoms with Gasteiger partial charge in [0, 0.05) is 6.42 Å². The van der Waals surface area contributed by atoms with Crippen LogP contribution in [0.4, 0.5) is 0 Å². The molecule has 1 N–H and O–H groups in total. The van der Waals surface area contributed by atoms with Crippen LogP contribution in [-0.4, -0.2) is 14.3 Å². The lowest BCUT2D eigenvalue weighted by Gasteiger charge is -2.63. The summed E-state index contributed by atoms with van der Waals surface area (Å²) in [4.78, 5) is 12.9. The van der Waals surface area contributed by atoms with Gasteiger partial charge in [0.1, 0.15) is 0 Å². The van der Waals surface area contributed by atoms with Crippen molar-refractivity contribution in [1.29, 1.82) is 0 Å². The Balaban J connectivity index is 1.22. The fourth-order valence-corrected chi connectivity index (χ4v) is 11.7. The smallest absolute Gasteiger partial charge is 0.264 e. The highest BCUT2D eigenvalue weighted by Gasteiger charge is 2.61. The molecule has 1 aromatic carbocycles. The van der Waals surface area contributed by atoms with Crippen molar-refractivity contribution in [2.75, 3.05) is 0 Å². The van der Waals surface area contributed by atoms with Gasteiger partial charge in [0.05, 0.1) is 4.90 Å². The van der Waals surface area contributed by atoms with E-state index in [0.29, 0.717) is 22.7 Å². The first-order chi connectivity index (χ1) is 18.5. The summed E-state index contributed by atoms with van der Waals surface area (Å²) < 4.78 is 27.9. The summed E-state index contributed by atoms with van der Waals surface area (Å²) in [5, 5.41) is 0. The van der Waals surface area contributed by atoms with Crippen molar-refractivity contribution in [2.45, 2.75) is 123 Å². The number of benzene rings is 1. The van der Waals surface area contributed by atoms with E-state index in [1.165, 1.54) is 64.2 Å². The van der Waals surface area contributed by atoms with Gasteiger partial charge in [0.2, 0.25) is 5.91 Å². The highest BCUT2D eigenvalue weighted by molar-refractivity contribution is 7.90. The third-order valence-electron chi connectivity index (χ3n) is 12.8. The van der Waals surface area contributed by atoms with Gasteiger partial charge in [0.25, 0.3) is 10.0 Å². The molecule has 9 atom stereocenters. The van der Waals surface area contributed by atoms with Crippen LogP contribution in [0.15, 0.2) is 29.2 Å². The monoisotopic (exact) mass is 555 g/mol. The van der Waals surface area contributed by atoms with Crippen LogP contribution in [0.25, 0.3) is 0 Å². The van der Waals surface area contributed by atoms with E-state index in [-0.39, 0.29) is 17.2 Å². The molecule has 4 fully saturated rings. The largest absolute Gasteiger partial charge is 0.274 e. The fourth-order valence-electron chi connectivity index (χ4n) is 10.7. The summed E-state index contributed by atoms with van der Waals surface area (Å²) in [5.41, 5.74) is 1.99. The van der Waals surface area contributed by atoms with Gasteiger partial charge in [-0.1, -0.05) is 66.0 Å². The molecule has 5 rings (SSSR count). The zero-order valence-electron chi connectivity index (χ0n) is 25.2. The Labute approximate surface area is 238 Å². The van der Waals surface area contributed by atoms with Crippen LogP contribution < -0.4 is 4.72 Å². The van der Waals surface area contributed by atoms with E-state index in [0.717, 1.165) is 48.0 Å². The van der Waals surface area contributed by atoms with Gasteiger partial charge < -0.3 is 0 Å². The molecule has 0 bridgehead atoms. The number of aryl methyl sites for hydroxylation is 1. The fraction of sp³-hybridized carbons (Fsp3) is 0.794. The number of carbonyl (C=O) groups excluding carboxylic acids is 1. The van der Waals surface area contributed by atoms with Crippen molar-refractivity contribution in [3.05, 3.63) is 29.8 Å². The van der Waals surface area contributed by atoms with Crippen molar-refractivity contribution in [1.82, 2.24) is 4.72 Å². The minimum atomic E-state index is -3.82. The van der Waals surface area contributed by atoms with Gasteiger partial charge in [-0.25, -0.2) is 13.1 Å². The predicted octanol–water partition coefficient (Wildman–Crippen LogP) is 8.16. The third kappa shape index (κ3) is 5.24. The predicted molar refractivity (Wildman–Crippen MR) is 159 cm³/mol. The summed E-state index contributed by atoms with van der Waals surface area (Å²) in [5.74, 6) is 5.12. The number of sulfonamides is 1. The van der Waals surface area contributed by atoms with E-state index in [1.54, 1.807) is 12.1 Å². The molecule has 0 aromatic heterocycles. The molecular formula is C34H53NO3S. The van der Waals surface area contributed by atoms with Gasteiger partial charge in [0.15, 0.2) is 0 Å². The molecule has 4 aliphatic carbocycles.